The van der Waals surface area contributed by atoms with Crippen LogP contribution in [0, 0.1) is 0 Å². The summed E-state index contributed by atoms with van der Waals surface area (Å²) in [6, 6.07) is 9.81. The number of ether oxygens (including phenoxy) is 2. The molecule has 1 fully saturated rings. The number of benzene rings is 1. The fourth-order valence-electron chi connectivity index (χ4n) is 3.44. The van der Waals surface area contributed by atoms with Crippen molar-refractivity contribution in [1.29, 1.82) is 0 Å². The quantitative estimate of drug-likeness (QED) is 0.724. The first-order valence-corrected chi connectivity index (χ1v) is 9.47. The molecule has 6 nitrogen and oxygen atoms in total. The standard InChI is InChI=1S/C22H25NO5/c1-26-21(24)18-17(14-13-15-9-5-3-6-10-15)28-20(19(18)22(25)27-2)23-16-11-7-4-8-12-16/h3,5-6,9-10,13-14,16,23H,4,7-8,11-12H2,1-2H3/b14-13+. The van der Waals surface area contributed by atoms with Crippen molar-refractivity contribution < 1.29 is 23.5 Å². The Morgan fingerprint density at radius 2 is 1.61 bits per heavy atom. The van der Waals surface area contributed by atoms with E-state index < -0.39 is 11.9 Å². The van der Waals surface area contributed by atoms with Gasteiger partial charge in [0, 0.05) is 6.04 Å². The summed E-state index contributed by atoms with van der Waals surface area (Å²) >= 11 is 0. The summed E-state index contributed by atoms with van der Waals surface area (Å²) in [4.78, 5) is 24.9. The second-order valence-electron chi connectivity index (χ2n) is 6.75. The van der Waals surface area contributed by atoms with Gasteiger partial charge in [0.05, 0.1) is 14.2 Å². The van der Waals surface area contributed by atoms with Crippen LogP contribution >= 0.6 is 0 Å². The third-order valence-corrected chi connectivity index (χ3v) is 4.88. The van der Waals surface area contributed by atoms with Crippen molar-refractivity contribution in [1.82, 2.24) is 0 Å². The zero-order chi connectivity index (χ0) is 19.9. The predicted octanol–water partition coefficient (Wildman–Crippen LogP) is 4.77. The van der Waals surface area contributed by atoms with Crippen LogP contribution in [0.2, 0.25) is 0 Å². The summed E-state index contributed by atoms with van der Waals surface area (Å²) in [5, 5.41) is 3.29. The SMILES string of the molecule is COC(=O)c1c(/C=C/c2ccccc2)oc(NC2CCCCC2)c1C(=O)OC. The molecular weight excluding hydrogens is 358 g/mol. The Morgan fingerprint density at radius 3 is 2.25 bits per heavy atom. The van der Waals surface area contributed by atoms with Crippen molar-refractivity contribution >= 4 is 30.0 Å². The van der Waals surface area contributed by atoms with Gasteiger partial charge in [0.25, 0.3) is 0 Å². The van der Waals surface area contributed by atoms with Gasteiger partial charge in [-0.2, -0.15) is 0 Å². The van der Waals surface area contributed by atoms with Gasteiger partial charge in [-0.3, -0.25) is 0 Å². The molecule has 0 aliphatic heterocycles. The molecule has 1 aromatic heterocycles. The van der Waals surface area contributed by atoms with E-state index in [0.717, 1.165) is 31.2 Å². The van der Waals surface area contributed by atoms with Gasteiger partial charge in [0.2, 0.25) is 5.88 Å². The van der Waals surface area contributed by atoms with Crippen LogP contribution in [0.4, 0.5) is 5.88 Å². The Morgan fingerprint density at radius 1 is 0.964 bits per heavy atom. The van der Waals surface area contributed by atoms with Crippen LogP contribution < -0.4 is 5.32 Å². The minimum atomic E-state index is -0.645. The van der Waals surface area contributed by atoms with Gasteiger partial charge in [-0.1, -0.05) is 55.7 Å². The molecule has 28 heavy (non-hydrogen) atoms. The van der Waals surface area contributed by atoms with Crippen LogP contribution in [0.15, 0.2) is 34.7 Å². The molecular formula is C22H25NO5. The molecule has 1 N–H and O–H groups in total. The molecule has 1 aromatic carbocycles. The molecule has 0 radical (unpaired) electrons. The van der Waals surface area contributed by atoms with Crippen molar-refractivity contribution in [3.63, 3.8) is 0 Å². The Bertz CT molecular complexity index is 847. The smallest absolute Gasteiger partial charge is 0.344 e. The van der Waals surface area contributed by atoms with E-state index >= 15 is 0 Å². The number of carbonyl (C=O) groups excluding carboxylic acids is 2. The summed E-state index contributed by atoms with van der Waals surface area (Å²) in [6.07, 6.45) is 8.91. The largest absolute Gasteiger partial charge is 0.465 e. The number of esters is 2. The van der Waals surface area contributed by atoms with Gasteiger partial charge in [-0.05, 0) is 24.5 Å². The zero-order valence-corrected chi connectivity index (χ0v) is 16.2. The zero-order valence-electron chi connectivity index (χ0n) is 16.2. The van der Waals surface area contributed by atoms with E-state index in [1.807, 2.05) is 36.4 Å². The van der Waals surface area contributed by atoms with E-state index in [4.69, 9.17) is 13.9 Å². The first-order valence-electron chi connectivity index (χ1n) is 9.47. The number of hydrogen-bond donors (Lipinski definition) is 1. The highest BCUT2D eigenvalue weighted by Gasteiger charge is 2.32. The summed E-state index contributed by atoms with van der Waals surface area (Å²) in [7, 11) is 2.55. The highest BCUT2D eigenvalue weighted by atomic mass is 16.5. The minimum absolute atomic E-state index is 0.0693. The number of rotatable bonds is 6. The number of hydrogen-bond acceptors (Lipinski definition) is 6. The normalized spacial score (nSPS) is 14.8. The lowest BCUT2D eigenvalue weighted by Crippen LogP contribution is -2.23. The summed E-state index contributed by atoms with van der Waals surface area (Å²) < 4.78 is 15.7. The molecule has 0 spiro atoms. The average molecular weight is 383 g/mol. The van der Waals surface area contributed by atoms with E-state index in [1.54, 1.807) is 6.08 Å². The Labute approximate surface area is 164 Å². The molecule has 3 rings (SSSR count). The van der Waals surface area contributed by atoms with Crippen molar-refractivity contribution in [3.05, 3.63) is 52.8 Å². The summed E-state index contributed by atoms with van der Waals surface area (Å²) in [5.74, 6) is -0.767. The van der Waals surface area contributed by atoms with Crippen molar-refractivity contribution in [3.8, 4) is 0 Å². The van der Waals surface area contributed by atoms with Crippen LogP contribution in [0.25, 0.3) is 12.2 Å². The first kappa shape index (κ1) is 19.7. The second-order valence-corrected chi connectivity index (χ2v) is 6.75. The van der Waals surface area contributed by atoms with Gasteiger partial charge >= 0.3 is 11.9 Å². The maximum atomic E-state index is 12.5. The lowest BCUT2D eigenvalue weighted by Gasteiger charge is -2.22. The Kier molecular flexibility index (Phi) is 6.53. The van der Waals surface area contributed by atoms with E-state index in [1.165, 1.54) is 20.6 Å². The fourth-order valence-corrected chi connectivity index (χ4v) is 3.44. The van der Waals surface area contributed by atoms with Crippen LogP contribution in [0.5, 0.6) is 0 Å². The summed E-state index contributed by atoms with van der Waals surface area (Å²) in [6.45, 7) is 0. The first-order chi connectivity index (χ1) is 13.6. The molecule has 148 valence electrons. The van der Waals surface area contributed by atoms with Crippen LogP contribution in [-0.4, -0.2) is 32.2 Å². The van der Waals surface area contributed by atoms with E-state index in [2.05, 4.69) is 5.32 Å². The molecule has 0 atom stereocenters. The Hall–Kier alpha value is -3.02. The number of methoxy groups -OCH3 is 2. The molecule has 0 saturated heterocycles. The van der Waals surface area contributed by atoms with Crippen LogP contribution in [-0.2, 0) is 9.47 Å². The molecule has 1 heterocycles. The van der Waals surface area contributed by atoms with Crippen molar-refractivity contribution in [2.75, 3.05) is 19.5 Å². The van der Waals surface area contributed by atoms with Crippen LogP contribution in [0.1, 0.15) is 64.1 Å². The monoisotopic (exact) mass is 383 g/mol. The van der Waals surface area contributed by atoms with Gasteiger partial charge in [-0.25, -0.2) is 9.59 Å². The number of carbonyl (C=O) groups is 2. The van der Waals surface area contributed by atoms with Gasteiger partial charge in [0.15, 0.2) is 0 Å². The fraction of sp³-hybridized carbons (Fsp3) is 0.364. The van der Waals surface area contributed by atoms with Crippen molar-refractivity contribution in [2.24, 2.45) is 0 Å². The topological polar surface area (TPSA) is 77.8 Å². The van der Waals surface area contributed by atoms with E-state index in [9.17, 15) is 9.59 Å². The molecule has 0 bridgehead atoms. The number of nitrogens with one attached hydrogen (secondary N) is 1. The van der Waals surface area contributed by atoms with Gasteiger partial charge < -0.3 is 19.2 Å². The maximum Gasteiger partial charge on any atom is 0.344 e. The van der Waals surface area contributed by atoms with Gasteiger partial charge in [0.1, 0.15) is 16.9 Å². The predicted molar refractivity (Wildman–Crippen MR) is 107 cm³/mol. The number of anilines is 1. The van der Waals surface area contributed by atoms with E-state index in [0.29, 0.717) is 0 Å². The molecule has 6 heteroatoms. The van der Waals surface area contributed by atoms with Crippen molar-refractivity contribution in [2.45, 2.75) is 38.1 Å². The second kappa shape index (κ2) is 9.26. The molecule has 0 unspecified atom stereocenters. The maximum absolute atomic E-state index is 12.5. The van der Waals surface area contributed by atoms with Crippen LogP contribution in [0.3, 0.4) is 0 Å². The van der Waals surface area contributed by atoms with Gasteiger partial charge in [-0.15, -0.1) is 0 Å². The molecule has 0 amide bonds. The highest BCUT2D eigenvalue weighted by molar-refractivity contribution is 6.08. The van der Waals surface area contributed by atoms with E-state index in [-0.39, 0.29) is 28.8 Å². The third-order valence-electron chi connectivity index (χ3n) is 4.88. The molecule has 1 aliphatic carbocycles. The number of furan rings is 1. The minimum Gasteiger partial charge on any atom is -0.465 e. The lowest BCUT2D eigenvalue weighted by atomic mass is 9.95. The lowest BCUT2D eigenvalue weighted by molar-refractivity contribution is 0.0557. The third kappa shape index (κ3) is 4.44. The molecule has 1 saturated carbocycles. The highest BCUT2D eigenvalue weighted by Crippen LogP contribution is 2.33. The Balaban J connectivity index is 2.02. The molecule has 1 aliphatic rings. The summed E-state index contributed by atoms with van der Waals surface area (Å²) in [5.41, 5.74) is 1.09. The molecule has 2 aromatic rings. The average Bonchev–Trinajstić information content (AvgIpc) is 3.10.